The van der Waals surface area contributed by atoms with Crippen LogP contribution in [0.1, 0.15) is 20.9 Å². The third-order valence-corrected chi connectivity index (χ3v) is 3.81. The molecule has 0 fully saturated rings. The first kappa shape index (κ1) is 11.1. The molecule has 0 radical (unpaired) electrons. The minimum Gasteiger partial charge on any atom is -0.298 e. The molecule has 0 aliphatic rings. The summed E-state index contributed by atoms with van der Waals surface area (Å²) in [6, 6.07) is 15.9. The fraction of sp³-hybridized carbons (Fsp3) is 0.0667. The lowest BCUT2D eigenvalue weighted by atomic mass is 10.2. The van der Waals surface area contributed by atoms with Gasteiger partial charge in [0, 0.05) is 12.0 Å². The summed E-state index contributed by atoms with van der Waals surface area (Å²) >= 11 is 1.65. The molecule has 0 aliphatic carbocycles. The molecule has 1 aromatic heterocycles. The first-order chi connectivity index (χ1) is 8.85. The molecule has 0 aliphatic heterocycles. The molecule has 3 rings (SSSR count). The maximum Gasteiger partial charge on any atom is 0.150 e. The van der Waals surface area contributed by atoms with Gasteiger partial charge in [0.1, 0.15) is 6.29 Å². The third-order valence-electron chi connectivity index (χ3n) is 2.79. The van der Waals surface area contributed by atoms with Crippen molar-refractivity contribution in [3.8, 4) is 0 Å². The van der Waals surface area contributed by atoms with Gasteiger partial charge in [0.05, 0.1) is 15.2 Å². The highest BCUT2D eigenvalue weighted by atomic mass is 32.1. The number of fused-ring (bicyclic) bond motifs is 1. The predicted octanol–water partition coefficient (Wildman–Crippen LogP) is 3.70. The Labute approximate surface area is 109 Å². The van der Waals surface area contributed by atoms with E-state index in [2.05, 4.69) is 17.1 Å². The van der Waals surface area contributed by atoms with Gasteiger partial charge >= 0.3 is 0 Å². The normalized spacial score (nSPS) is 10.7. The van der Waals surface area contributed by atoms with Gasteiger partial charge < -0.3 is 0 Å². The van der Waals surface area contributed by atoms with Gasteiger partial charge in [0.15, 0.2) is 0 Å². The molecule has 3 aromatic rings. The molecule has 0 saturated heterocycles. The van der Waals surface area contributed by atoms with Crippen LogP contribution in [0.3, 0.4) is 0 Å². The molecule has 0 bridgehead atoms. The van der Waals surface area contributed by atoms with E-state index < -0.39 is 0 Å². The second-order valence-electron chi connectivity index (χ2n) is 4.11. The monoisotopic (exact) mass is 253 g/mol. The van der Waals surface area contributed by atoms with Crippen molar-refractivity contribution in [3.63, 3.8) is 0 Å². The van der Waals surface area contributed by atoms with Crippen molar-refractivity contribution in [2.45, 2.75) is 6.42 Å². The van der Waals surface area contributed by atoms with Gasteiger partial charge in [-0.1, -0.05) is 30.3 Å². The molecule has 2 nitrogen and oxygen atoms in total. The molecule has 3 heteroatoms. The fourth-order valence-electron chi connectivity index (χ4n) is 1.91. The highest BCUT2D eigenvalue weighted by Crippen LogP contribution is 2.24. The van der Waals surface area contributed by atoms with Crippen LogP contribution in [0.15, 0.2) is 48.5 Å². The van der Waals surface area contributed by atoms with Crippen LogP contribution in [0.5, 0.6) is 0 Å². The van der Waals surface area contributed by atoms with Gasteiger partial charge in [-0.15, -0.1) is 11.3 Å². The van der Waals surface area contributed by atoms with Crippen LogP contribution in [0.4, 0.5) is 0 Å². The van der Waals surface area contributed by atoms with Crippen molar-refractivity contribution in [2.24, 2.45) is 0 Å². The minimum atomic E-state index is 0.706. The van der Waals surface area contributed by atoms with Crippen LogP contribution in [0.25, 0.3) is 10.2 Å². The first-order valence-electron chi connectivity index (χ1n) is 5.74. The molecule has 18 heavy (non-hydrogen) atoms. The summed E-state index contributed by atoms with van der Waals surface area (Å²) in [5.41, 5.74) is 2.93. The van der Waals surface area contributed by atoms with Crippen molar-refractivity contribution in [1.82, 2.24) is 4.98 Å². The maximum atomic E-state index is 10.7. The quantitative estimate of drug-likeness (QED) is 0.666. The van der Waals surface area contributed by atoms with Gasteiger partial charge in [0.2, 0.25) is 0 Å². The van der Waals surface area contributed by atoms with E-state index in [4.69, 9.17) is 0 Å². The number of aldehydes is 1. The molecule has 0 saturated carbocycles. The number of carbonyl (C=O) groups is 1. The Balaban J connectivity index is 1.96. The van der Waals surface area contributed by atoms with E-state index in [1.54, 1.807) is 17.4 Å². The maximum absolute atomic E-state index is 10.7. The second kappa shape index (κ2) is 4.70. The minimum absolute atomic E-state index is 0.706. The molecule has 0 N–H and O–H groups in total. The number of hydrogen-bond acceptors (Lipinski definition) is 3. The molecule has 0 spiro atoms. The van der Waals surface area contributed by atoms with E-state index in [1.807, 2.05) is 30.3 Å². The van der Waals surface area contributed by atoms with Gasteiger partial charge in [-0.25, -0.2) is 4.98 Å². The van der Waals surface area contributed by atoms with Crippen molar-refractivity contribution < 1.29 is 4.79 Å². The van der Waals surface area contributed by atoms with Crippen molar-refractivity contribution in [3.05, 3.63) is 64.7 Å². The summed E-state index contributed by atoms with van der Waals surface area (Å²) in [4.78, 5) is 15.3. The molecular formula is C15H11NOS. The Morgan fingerprint density at radius 2 is 1.94 bits per heavy atom. The zero-order valence-electron chi connectivity index (χ0n) is 9.67. The van der Waals surface area contributed by atoms with Crippen LogP contribution in [0, 0.1) is 0 Å². The Morgan fingerprint density at radius 1 is 1.11 bits per heavy atom. The van der Waals surface area contributed by atoms with Crippen molar-refractivity contribution in [2.75, 3.05) is 0 Å². The SMILES string of the molecule is O=Cc1ccc2nc(Cc3ccccc3)sc2c1. The van der Waals surface area contributed by atoms with Crippen molar-refractivity contribution in [1.29, 1.82) is 0 Å². The van der Waals surface area contributed by atoms with Gasteiger partial charge in [-0.3, -0.25) is 4.79 Å². The Morgan fingerprint density at radius 3 is 2.72 bits per heavy atom. The number of thiazole rings is 1. The van der Waals surface area contributed by atoms with E-state index in [-0.39, 0.29) is 0 Å². The predicted molar refractivity (Wildman–Crippen MR) is 74.3 cm³/mol. The summed E-state index contributed by atoms with van der Waals surface area (Å²) < 4.78 is 1.07. The zero-order chi connectivity index (χ0) is 12.4. The first-order valence-corrected chi connectivity index (χ1v) is 6.55. The van der Waals surface area contributed by atoms with Gasteiger partial charge in [0.25, 0.3) is 0 Å². The highest BCUT2D eigenvalue weighted by Gasteiger charge is 2.05. The van der Waals surface area contributed by atoms with E-state index in [0.29, 0.717) is 5.56 Å². The van der Waals surface area contributed by atoms with E-state index in [1.165, 1.54) is 5.56 Å². The summed E-state index contributed by atoms with van der Waals surface area (Å²) in [5, 5.41) is 1.08. The second-order valence-corrected chi connectivity index (χ2v) is 5.23. The average Bonchev–Trinajstić information content (AvgIpc) is 2.80. The van der Waals surface area contributed by atoms with Crippen LogP contribution in [-0.2, 0) is 6.42 Å². The van der Waals surface area contributed by atoms with Crippen LogP contribution >= 0.6 is 11.3 Å². The summed E-state index contributed by atoms with van der Waals surface area (Å²) in [7, 11) is 0. The molecular weight excluding hydrogens is 242 g/mol. The van der Waals surface area contributed by atoms with E-state index in [0.717, 1.165) is 27.9 Å². The number of aromatic nitrogens is 1. The summed E-state index contributed by atoms with van der Waals surface area (Å²) in [6.07, 6.45) is 1.71. The smallest absolute Gasteiger partial charge is 0.150 e. The molecule has 0 atom stereocenters. The van der Waals surface area contributed by atoms with Crippen LogP contribution in [0.2, 0.25) is 0 Å². The highest BCUT2D eigenvalue weighted by molar-refractivity contribution is 7.18. The Bertz CT molecular complexity index is 688. The number of nitrogens with zero attached hydrogens (tertiary/aromatic N) is 1. The summed E-state index contributed by atoms with van der Waals surface area (Å²) in [5.74, 6) is 0. The molecule has 0 amide bonds. The van der Waals surface area contributed by atoms with Gasteiger partial charge in [-0.2, -0.15) is 0 Å². The standard InChI is InChI=1S/C15H11NOS/c17-10-12-6-7-13-14(8-12)18-15(16-13)9-11-4-2-1-3-5-11/h1-8,10H,9H2. The third kappa shape index (κ3) is 2.17. The lowest BCUT2D eigenvalue weighted by Gasteiger charge is -1.95. The Hall–Kier alpha value is -2.00. The van der Waals surface area contributed by atoms with Gasteiger partial charge in [-0.05, 0) is 23.8 Å². The van der Waals surface area contributed by atoms with Crippen LogP contribution in [-0.4, -0.2) is 11.3 Å². The van der Waals surface area contributed by atoms with E-state index in [9.17, 15) is 4.79 Å². The number of benzene rings is 2. The fourth-order valence-corrected chi connectivity index (χ4v) is 2.96. The molecule has 88 valence electrons. The number of hydrogen-bond donors (Lipinski definition) is 0. The lowest BCUT2D eigenvalue weighted by Crippen LogP contribution is -1.85. The number of carbonyl (C=O) groups excluding carboxylic acids is 1. The topological polar surface area (TPSA) is 30.0 Å². The Kier molecular flexibility index (Phi) is 2.90. The summed E-state index contributed by atoms with van der Waals surface area (Å²) in [6.45, 7) is 0. The number of rotatable bonds is 3. The zero-order valence-corrected chi connectivity index (χ0v) is 10.5. The molecule has 2 aromatic carbocycles. The largest absolute Gasteiger partial charge is 0.298 e. The van der Waals surface area contributed by atoms with E-state index >= 15 is 0 Å². The molecule has 0 unspecified atom stereocenters. The molecule has 1 heterocycles. The average molecular weight is 253 g/mol. The van der Waals surface area contributed by atoms with Crippen molar-refractivity contribution >= 4 is 27.8 Å². The van der Waals surface area contributed by atoms with Crippen LogP contribution < -0.4 is 0 Å². The lowest BCUT2D eigenvalue weighted by molar-refractivity contribution is 0.112.